The Balaban J connectivity index is 1.35. The minimum Gasteiger partial charge on any atom is -0.489 e. The second-order valence-electron chi connectivity index (χ2n) is 7.82. The first kappa shape index (κ1) is 18.1. The van der Waals surface area contributed by atoms with Gasteiger partial charge in [-0.15, -0.1) is 0 Å². The third-order valence-corrected chi connectivity index (χ3v) is 6.91. The van der Waals surface area contributed by atoms with Crippen molar-refractivity contribution in [2.75, 3.05) is 41.0 Å². The van der Waals surface area contributed by atoms with E-state index in [1.54, 1.807) is 6.07 Å². The highest BCUT2D eigenvalue weighted by Gasteiger charge is 2.47. The minimum absolute atomic E-state index is 0.206. The number of carbonyl (C=O) groups excluding carboxylic acids is 2. The van der Waals surface area contributed by atoms with Crippen LogP contribution in [0.15, 0.2) is 12.1 Å². The fourth-order valence-electron chi connectivity index (χ4n) is 4.23. The largest absolute Gasteiger partial charge is 0.489 e. The first-order valence-corrected chi connectivity index (χ1v) is 11.1. The molecule has 3 heterocycles. The fourth-order valence-corrected chi connectivity index (χ4v) is 5.13. The summed E-state index contributed by atoms with van der Waals surface area (Å²) >= 11 is 1.86. The van der Waals surface area contributed by atoms with Gasteiger partial charge in [0.15, 0.2) is 0 Å². The number of rotatable bonds is 5. The van der Waals surface area contributed by atoms with Crippen molar-refractivity contribution >= 4 is 35.0 Å². The fraction of sp³-hybridized carbons (Fsp3) is 0.600. The molecule has 150 valence electrons. The number of benzene rings is 1. The Labute approximate surface area is 167 Å². The average molecular weight is 406 g/mol. The summed E-state index contributed by atoms with van der Waals surface area (Å²) in [6.45, 7) is 1.89. The van der Waals surface area contributed by atoms with Crippen molar-refractivity contribution in [1.29, 1.82) is 0 Å². The number of hydrogen-bond donors (Lipinski definition) is 0. The number of ether oxygens (including phenoxy) is 2. The molecule has 0 unspecified atom stereocenters. The van der Waals surface area contributed by atoms with Gasteiger partial charge in [0.25, 0.3) is 0 Å². The zero-order chi connectivity index (χ0) is 19.3. The van der Waals surface area contributed by atoms with E-state index in [-0.39, 0.29) is 23.6 Å². The maximum Gasteiger partial charge on any atom is 0.415 e. The van der Waals surface area contributed by atoms with E-state index in [1.165, 1.54) is 11.0 Å². The van der Waals surface area contributed by atoms with Crippen molar-refractivity contribution in [3.8, 4) is 5.75 Å². The van der Waals surface area contributed by atoms with Gasteiger partial charge in [-0.2, -0.15) is 11.8 Å². The Kier molecular flexibility index (Phi) is 4.61. The highest BCUT2D eigenvalue weighted by atomic mass is 32.2. The standard InChI is InChI=1S/C20H23FN2O4S/c21-13-9-15-19(10-14(13)22-5-7-28-8-6-22)26-11-16-18(27-20(25)23(15)16)4-3-17(24)12-1-2-12/h9-10,12,16,18H,1-8,11H2/t16-,18-/m0/s1. The summed E-state index contributed by atoms with van der Waals surface area (Å²) in [5.74, 6) is 2.56. The van der Waals surface area contributed by atoms with Crippen LogP contribution in [0.2, 0.25) is 0 Å². The van der Waals surface area contributed by atoms with Gasteiger partial charge in [-0.25, -0.2) is 9.18 Å². The molecule has 0 radical (unpaired) electrons. The van der Waals surface area contributed by atoms with E-state index in [0.717, 1.165) is 37.4 Å². The summed E-state index contributed by atoms with van der Waals surface area (Å²) in [6, 6.07) is 2.77. The Hall–Kier alpha value is -1.96. The molecule has 1 saturated carbocycles. The second kappa shape index (κ2) is 7.13. The Morgan fingerprint density at radius 1 is 1.21 bits per heavy atom. The molecule has 0 aromatic heterocycles. The Morgan fingerprint density at radius 3 is 2.75 bits per heavy atom. The smallest absolute Gasteiger partial charge is 0.415 e. The van der Waals surface area contributed by atoms with E-state index in [9.17, 15) is 14.0 Å². The number of fused-ring (bicyclic) bond motifs is 3. The number of hydrogen-bond acceptors (Lipinski definition) is 6. The monoisotopic (exact) mass is 406 g/mol. The van der Waals surface area contributed by atoms with E-state index in [4.69, 9.17) is 9.47 Å². The molecule has 1 amide bonds. The van der Waals surface area contributed by atoms with Crippen LogP contribution >= 0.6 is 11.8 Å². The molecule has 1 aliphatic carbocycles. The van der Waals surface area contributed by atoms with Crippen molar-refractivity contribution in [2.45, 2.75) is 37.8 Å². The summed E-state index contributed by atoms with van der Waals surface area (Å²) in [7, 11) is 0. The Bertz CT molecular complexity index is 810. The van der Waals surface area contributed by atoms with Crippen LogP contribution in [-0.2, 0) is 9.53 Å². The molecular weight excluding hydrogens is 383 g/mol. The summed E-state index contributed by atoms with van der Waals surface area (Å²) in [5, 5.41) is 0. The van der Waals surface area contributed by atoms with Gasteiger partial charge in [-0.3, -0.25) is 9.69 Å². The zero-order valence-corrected chi connectivity index (χ0v) is 16.4. The topological polar surface area (TPSA) is 59.1 Å². The maximum absolute atomic E-state index is 14.9. The molecule has 1 aromatic rings. The number of anilines is 2. The Morgan fingerprint density at radius 2 is 2.00 bits per heavy atom. The number of amides is 1. The molecule has 3 fully saturated rings. The van der Waals surface area contributed by atoms with E-state index in [2.05, 4.69) is 0 Å². The van der Waals surface area contributed by atoms with Crippen LogP contribution in [-0.4, -0.2) is 55.2 Å². The third kappa shape index (κ3) is 3.21. The van der Waals surface area contributed by atoms with Crippen molar-refractivity contribution < 1.29 is 23.5 Å². The van der Waals surface area contributed by atoms with Crippen LogP contribution in [0.1, 0.15) is 25.7 Å². The highest BCUT2D eigenvalue weighted by Crippen LogP contribution is 2.43. The minimum atomic E-state index is -0.486. The van der Waals surface area contributed by atoms with Crippen LogP contribution in [0.4, 0.5) is 20.6 Å². The van der Waals surface area contributed by atoms with Gasteiger partial charge in [0, 0.05) is 49.1 Å². The molecule has 28 heavy (non-hydrogen) atoms. The normalized spacial score (nSPS) is 26.4. The van der Waals surface area contributed by atoms with Gasteiger partial charge in [-0.1, -0.05) is 0 Å². The molecule has 3 aliphatic heterocycles. The average Bonchev–Trinajstić information content (AvgIpc) is 3.51. The van der Waals surface area contributed by atoms with Crippen LogP contribution in [0.3, 0.4) is 0 Å². The lowest BCUT2D eigenvalue weighted by Crippen LogP contribution is -2.44. The molecule has 0 N–H and O–H groups in total. The van der Waals surface area contributed by atoms with Crippen LogP contribution < -0.4 is 14.5 Å². The third-order valence-electron chi connectivity index (χ3n) is 5.97. The summed E-state index contributed by atoms with van der Waals surface area (Å²) < 4.78 is 26.3. The summed E-state index contributed by atoms with van der Waals surface area (Å²) in [6.07, 6.45) is 1.98. The second-order valence-corrected chi connectivity index (χ2v) is 9.05. The lowest BCUT2D eigenvalue weighted by molar-refractivity contribution is -0.120. The quantitative estimate of drug-likeness (QED) is 0.748. The summed E-state index contributed by atoms with van der Waals surface area (Å²) in [4.78, 5) is 28.0. The van der Waals surface area contributed by atoms with Crippen LogP contribution in [0.5, 0.6) is 5.75 Å². The SMILES string of the molecule is O=C(CC[C@@H]1OC(=O)N2c3cc(F)c(N4CCSCC4)cc3OC[C@@H]12)C1CC1. The predicted molar refractivity (Wildman–Crippen MR) is 105 cm³/mol. The number of thioether (sulfide) groups is 1. The van der Waals surface area contributed by atoms with Gasteiger partial charge in [-0.05, 0) is 19.3 Å². The molecule has 6 nitrogen and oxygen atoms in total. The lowest BCUT2D eigenvalue weighted by Gasteiger charge is -2.34. The molecule has 1 aromatic carbocycles. The molecule has 0 bridgehead atoms. The van der Waals surface area contributed by atoms with Gasteiger partial charge >= 0.3 is 6.09 Å². The van der Waals surface area contributed by atoms with Crippen molar-refractivity contribution in [1.82, 2.24) is 0 Å². The van der Waals surface area contributed by atoms with Gasteiger partial charge < -0.3 is 14.4 Å². The number of halogens is 1. The number of ketones is 1. The van der Waals surface area contributed by atoms with E-state index < -0.39 is 12.2 Å². The van der Waals surface area contributed by atoms with E-state index in [0.29, 0.717) is 36.6 Å². The maximum atomic E-state index is 14.9. The highest BCUT2D eigenvalue weighted by molar-refractivity contribution is 7.99. The number of carbonyl (C=O) groups is 2. The van der Waals surface area contributed by atoms with Crippen LogP contribution in [0.25, 0.3) is 0 Å². The first-order valence-electron chi connectivity index (χ1n) is 9.93. The lowest BCUT2D eigenvalue weighted by atomic mass is 10.0. The van der Waals surface area contributed by atoms with Gasteiger partial charge in [0.2, 0.25) is 0 Å². The molecule has 0 spiro atoms. The molecule has 8 heteroatoms. The molecule has 2 atom stereocenters. The molecule has 4 aliphatic rings. The molecular formula is C20H23FN2O4S. The number of cyclic esters (lactones) is 1. The first-order chi connectivity index (χ1) is 13.6. The van der Waals surface area contributed by atoms with Crippen molar-refractivity contribution in [3.05, 3.63) is 17.9 Å². The van der Waals surface area contributed by atoms with Crippen molar-refractivity contribution in [3.63, 3.8) is 0 Å². The summed E-state index contributed by atoms with van der Waals surface area (Å²) in [5.41, 5.74) is 0.946. The number of Topliss-reactive ketones (excluding diaryl/α,β-unsaturated/α-hetero) is 1. The number of nitrogens with zero attached hydrogens (tertiary/aromatic N) is 2. The van der Waals surface area contributed by atoms with Gasteiger partial charge in [0.1, 0.15) is 36.1 Å². The molecule has 5 rings (SSSR count). The zero-order valence-electron chi connectivity index (χ0n) is 15.6. The van der Waals surface area contributed by atoms with Gasteiger partial charge in [0.05, 0.1) is 11.4 Å². The van der Waals surface area contributed by atoms with E-state index in [1.807, 2.05) is 16.7 Å². The predicted octanol–water partition coefficient (Wildman–Crippen LogP) is 3.22. The molecule has 2 saturated heterocycles. The van der Waals surface area contributed by atoms with Crippen molar-refractivity contribution in [2.24, 2.45) is 5.92 Å². The van der Waals surface area contributed by atoms with E-state index >= 15 is 0 Å². The van der Waals surface area contributed by atoms with Crippen LogP contribution in [0, 0.1) is 11.7 Å².